The van der Waals surface area contributed by atoms with E-state index in [0.29, 0.717) is 25.8 Å². The highest BCUT2D eigenvalue weighted by Crippen LogP contribution is 2.06. The molecule has 7 heteroatoms. The Labute approximate surface area is 114 Å². The predicted molar refractivity (Wildman–Crippen MR) is 74.8 cm³/mol. The van der Waals surface area contributed by atoms with E-state index in [1.807, 2.05) is 13.8 Å². The largest absolute Gasteiger partial charge is 0.321 e. The van der Waals surface area contributed by atoms with E-state index >= 15 is 0 Å². The van der Waals surface area contributed by atoms with Crippen molar-refractivity contribution in [2.75, 3.05) is 6.54 Å². The van der Waals surface area contributed by atoms with Crippen LogP contribution in [0.4, 0.5) is 0 Å². The number of rotatable bonds is 10. The fourth-order valence-electron chi connectivity index (χ4n) is 1.70. The molecule has 0 aromatic carbocycles. The van der Waals surface area contributed by atoms with Gasteiger partial charge in [-0.25, -0.2) is 0 Å². The zero-order chi connectivity index (χ0) is 15.0. The molecule has 2 atom stereocenters. The first-order valence-corrected chi connectivity index (χ1v) is 6.59. The molecule has 0 fully saturated rings. The van der Waals surface area contributed by atoms with E-state index in [-0.39, 0.29) is 5.92 Å². The average molecular weight is 273 g/mol. The van der Waals surface area contributed by atoms with Gasteiger partial charge in [-0.3, -0.25) is 14.9 Å². The van der Waals surface area contributed by atoms with Gasteiger partial charge in [-0.2, -0.15) is 0 Å². The monoisotopic (exact) mass is 273 g/mol. The Morgan fingerprint density at radius 3 is 2.00 bits per heavy atom. The first-order valence-electron chi connectivity index (χ1n) is 6.59. The van der Waals surface area contributed by atoms with Crippen LogP contribution in [0.2, 0.25) is 0 Å². The summed E-state index contributed by atoms with van der Waals surface area (Å²) in [7, 11) is 0. The molecule has 0 bridgehead atoms. The zero-order valence-corrected chi connectivity index (χ0v) is 11.8. The maximum Gasteiger partial charge on any atom is 0.216 e. The minimum absolute atomic E-state index is 0.262. The molecule has 0 aromatic heterocycles. The molecule has 9 N–H and O–H groups in total. The number of Topliss-reactive ketones (excluding diaryl/α,β-unsaturated/α-hetero) is 2. The lowest BCUT2D eigenvalue weighted by atomic mass is 9.95. The first-order chi connectivity index (χ1) is 8.75. The van der Waals surface area contributed by atoms with Gasteiger partial charge in [0.15, 0.2) is 0 Å². The number of hydrogen-bond donors (Lipinski definition) is 5. The molecule has 0 saturated carbocycles. The van der Waals surface area contributed by atoms with Gasteiger partial charge < -0.3 is 22.9 Å². The number of nitrogens with two attached hydrogens (primary N) is 4. The van der Waals surface area contributed by atoms with E-state index in [2.05, 4.69) is 5.32 Å². The van der Waals surface area contributed by atoms with Crippen molar-refractivity contribution in [3.63, 3.8) is 0 Å². The second-order valence-corrected chi connectivity index (χ2v) is 5.19. The van der Waals surface area contributed by atoms with Crippen LogP contribution in [0.3, 0.4) is 0 Å². The minimum atomic E-state index is -0.804. The molecule has 112 valence electrons. The van der Waals surface area contributed by atoms with Gasteiger partial charge in [-0.15, -0.1) is 0 Å². The SMILES string of the molecule is CC(C)C[C@H](N)C(=O)C(=O)[C@@H](N)CCCNC(N)N. The van der Waals surface area contributed by atoms with Gasteiger partial charge in [0.05, 0.1) is 12.1 Å². The maximum atomic E-state index is 11.8. The molecule has 0 unspecified atom stereocenters. The highest BCUT2D eigenvalue weighted by atomic mass is 16.2. The van der Waals surface area contributed by atoms with Gasteiger partial charge in [0.25, 0.3) is 0 Å². The standard InChI is InChI=1S/C12H27N5O2/c1-7(2)6-9(14)11(19)10(18)8(13)4-3-5-17-12(15)16/h7-9,12,17H,3-6,13-16H2,1-2H3/t8-,9-/m0/s1. The molecule has 0 spiro atoms. The Morgan fingerprint density at radius 2 is 1.53 bits per heavy atom. The summed E-state index contributed by atoms with van der Waals surface area (Å²) in [5, 5.41) is 2.80. The molecule has 0 heterocycles. The van der Waals surface area contributed by atoms with Gasteiger partial charge in [-0.1, -0.05) is 13.8 Å². The van der Waals surface area contributed by atoms with Crippen LogP contribution in [0, 0.1) is 5.92 Å². The Bertz CT molecular complexity index is 294. The number of ketones is 2. The summed E-state index contributed by atoms with van der Waals surface area (Å²) in [5.74, 6) is -0.909. The molecule has 0 aromatic rings. The fourth-order valence-corrected chi connectivity index (χ4v) is 1.70. The van der Waals surface area contributed by atoms with Crippen LogP contribution in [0.1, 0.15) is 33.1 Å². The molecule has 7 nitrogen and oxygen atoms in total. The lowest BCUT2D eigenvalue weighted by Crippen LogP contribution is -2.47. The van der Waals surface area contributed by atoms with Crippen molar-refractivity contribution in [1.29, 1.82) is 0 Å². The number of carbonyl (C=O) groups is 2. The number of nitrogens with one attached hydrogen (secondary N) is 1. The maximum absolute atomic E-state index is 11.8. The second kappa shape index (κ2) is 9.11. The van der Waals surface area contributed by atoms with Crippen LogP contribution in [0.5, 0.6) is 0 Å². The third kappa shape index (κ3) is 8.02. The van der Waals surface area contributed by atoms with Crippen LogP contribution in [-0.2, 0) is 9.59 Å². The minimum Gasteiger partial charge on any atom is -0.321 e. The lowest BCUT2D eigenvalue weighted by molar-refractivity contribution is -0.138. The van der Waals surface area contributed by atoms with E-state index < -0.39 is 29.9 Å². The molecule has 0 aliphatic rings. The normalized spacial score (nSPS) is 14.7. The highest BCUT2D eigenvalue weighted by Gasteiger charge is 2.26. The number of carbonyl (C=O) groups excluding carboxylic acids is 2. The summed E-state index contributed by atoms with van der Waals surface area (Å²) in [6, 6.07) is -1.56. The third-order valence-electron chi connectivity index (χ3n) is 2.71. The highest BCUT2D eigenvalue weighted by molar-refractivity contribution is 6.40. The van der Waals surface area contributed by atoms with Gasteiger partial charge in [0, 0.05) is 0 Å². The average Bonchev–Trinajstić information content (AvgIpc) is 2.31. The summed E-state index contributed by atoms with van der Waals surface area (Å²) < 4.78 is 0. The second-order valence-electron chi connectivity index (χ2n) is 5.19. The van der Waals surface area contributed by atoms with Crippen molar-refractivity contribution in [2.24, 2.45) is 28.9 Å². The Morgan fingerprint density at radius 1 is 1.00 bits per heavy atom. The van der Waals surface area contributed by atoms with Gasteiger partial charge in [0.2, 0.25) is 11.6 Å². The first kappa shape index (κ1) is 18.1. The lowest BCUT2D eigenvalue weighted by Gasteiger charge is -2.15. The van der Waals surface area contributed by atoms with E-state index in [1.54, 1.807) is 0 Å². The van der Waals surface area contributed by atoms with Gasteiger partial charge >= 0.3 is 0 Å². The fraction of sp³-hybridized carbons (Fsp3) is 0.833. The topological polar surface area (TPSA) is 150 Å². The van der Waals surface area contributed by atoms with Crippen LogP contribution in [0.15, 0.2) is 0 Å². The molecule has 0 rings (SSSR count). The summed E-state index contributed by atoms with van der Waals surface area (Å²) in [6.45, 7) is 4.43. The van der Waals surface area contributed by atoms with Gasteiger partial charge in [0.1, 0.15) is 6.29 Å². The molecule has 0 aliphatic heterocycles. The molecular weight excluding hydrogens is 246 g/mol. The smallest absolute Gasteiger partial charge is 0.216 e. The summed E-state index contributed by atoms with van der Waals surface area (Å²) in [4.78, 5) is 23.5. The van der Waals surface area contributed by atoms with E-state index in [1.165, 1.54) is 0 Å². The van der Waals surface area contributed by atoms with Crippen molar-refractivity contribution in [3.8, 4) is 0 Å². The van der Waals surface area contributed by atoms with Crippen LogP contribution >= 0.6 is 0 Å². The quantitative estimate of drug-likeness (QED) is 0.183. The molecule has 0 radical (unpaired) electrons. The van der Waals surface area contributed by atoms with Crippen molar-refractivity contribution in [3.05, 3.63) is 0 Å². The van der Waals surface area contributed by atoms with Crippen molar-refractivity contribution >= 4 is 11.6 Å². The summed E-state index contributed by atoms with van der Waals surface area (Å²) in [5.41, 5.74) is 22.0. The summed E-state index contributed by atoms with van der Waals surface area (Å²) >= 11 is 0. The van der Waals surface area contributed by atoms with Crippen molar-refractivity contribution < 1.29 is 9.59 Å². The van der Waals surface area contributed by atoms with E-state index in [0.717, 1.165) is 0 Å². The van der Waals surface area contributed by atoms with Crippen molar-refractivity contribution in [2.45, 2.75) is 51.5 Å². The molecule has 19 heavy (non-hydrogen) atoms. The molecule has 0 saturated heterocycles. The van der Waals surface area contributed by atoms with Crippen LogP contribution in [-0.4, -0.2) is 36.5 Å². The van der Waals surface area contributed by atoms with Gasteiger partial charge in [-0.05, 0) is 31.7 Å². The number of hydrogen-bond acceptors (Lipinski definition) is 7. The van der Waals surface area contributed by atoms with Crippen molar-refractivity contribution in [1.82, 2.24) is 5.32 Å². The Balaban J connectivity index is 4.07. The van der Waals surface area contributed by atoms with Crippen LogP contribution < -0.4 is 28.3 Å². The molecule has 0 amide bonds. The molecular formula is C12H27N5O2. The predicted octanol–water partition coefficient (Wildman–Crippen LogP) is -1.60. The van der Waals surface area contributed by atoms with Crippen LogP contribution in [0.25, 0.3) is 0 Å². The molecule has 0 aliphatic carbocycles. The Kier molecular flexibility index (Phi) is 8.70. The summed E-state index contributed by atoms with van der Waals surface area (Å²) in [6.07, 6.45) is 0.914. The Hall–Kier alpha value is -0.860. The zero-order valence-electron chi connectivity index (χ0n) is 11.8. The van der Waals surface area contributed by atoms with E-state index in [9.17, 15) is 9.59 Å². The van der Waals surface area contributed by atoms with E-state index in [4.69, 9.17) is 22.9 Å². The third-order valence-corrected chi connectivity index (χ3v) is 2.71.